The predicted octanol–water partition coefficient (Wildman–Crippen LogP) is 5.73. The van der Waals surface area contributed by atoms with Gasteiger partial charge >= 0.3 is 0 Å². The Kier molecular flexibility index (Phi) is 8.17. The number of nitro benzene ring substituents is 1. The number of sulfonamides is 1. The fourth-order valence-electron chi connectivity index (χ4n) is 4.12. The standard InChI is InChI=1S/C26H22Cl2N4O5S2/c27-20-4-1-19(24(28)15-20)16-31-25(18-2-7-22(8-3-18)32(33)34)17-38-26(31)29-21-5-9-23(10-6-21)39(35,36)30-11-13-37-14-12-30/h1-10,15,17H,11-14,16H2. The molecule has 0 radical (unpaired) electrons. The normalized spacial score (nSPS) is 15.0. The van der Waals surface area contributed by atoms with Crippen LogP contribution in [0.15, 0.2) is 82.0 Å². The fourth-order valence-corrected chi connectivity index (χ4v) is 6.92. The van der Waals surface area contributed by atoms with E-state index in [1.165, 1.54) is 27.8 Å². The van der Waals surface area contributed by atoms with Crippen molar-refractivity contribution in [3.8, 4) is 11.3 Å². The Morgan fingerprint density at radius 1 is 1.00 bits per heavy atom. The number of non-ortho nitro benzene ring substituents is 1. The summed E-state index contributed by atoms with van der Waals surface area (Å²) in [4.78, 5) is 16.3. The molecule has 0 spiro atoms. The lowest BCUT2D eigenvalue weighted by molar-refractivity contribution is -0.384. The SMILES string of the molecule is O=[N+]([O-])c1ccc(-c2csc(=Nc3ccc(S(=O)(=O)N4CCOCC4)cc3)n2Cc2ccc(Cl)cc2Cl)cc1. The molecule has 0 atom stereocenters. The minimum absolute atomic E-state index is 0.00157. The Morgan fingerprint density at radius 3 is 2.33 bits per heavy atom. The Morgan fingerprint density at radius 2 is 1.69 bits per heavy atom. The third kappa shape index (κ3) is 6.08. The van der Waals surface area contributed by atoms with E-state index in [4.69, 9.17) is 32.9 Å². The van der Waals surface area contributed by atoms with Crippen LogP contribution in [0, 0.1) is 10.1 Å². The van der Waals surface area contributed by atoms with Crippen molar-refractivity contribution >= 4 is 55.9 Å². The number of thiazole rings is 1. The highest BCUT2D eigenvalue weighted by Crippen LogP contribution is 2.27. The van der Waals surface area contributed by atoms with Crippen LogP contribution in [-0.2, 0) is 21.3 Å². The smallest absolute Gasteiger partial charge is 0.269 e. The van der Waals surface area contributed by atoms with Gasteiger partial charge in [-0.25, -0.2) is 13.4 Å². The van der Waals surface area contributed by atoms with E-state index in [1.807, 2.05) is 16.0 Å². The topological polar surface area (TPSA) is 107 Å². The largest absolute Gasteiger partial charge is 0.379 e. The first kappa shape index (κ1) is 27.5. The number of nitrogens with zero attached hydrogens (tertiary/aromatic N) is 4. The Balaban J connectivity index is 1.53. The highest BCUT2D eigenvalue weighted by Gasteiger charge is 2.26. The third-order valence-electron chi connectivity index (χ3n) is 6.18. The molecule has 1 aliphatic heterocycles. The number of halogens is 2. The van der Waals surface area contributed by atoms with E-state index in [0.29, 0.717) is 53.4 Å². The van der Waals surface area contributed by atoms with Crippen LogP contribution in [0.25, 0.3) is 11.3 Å². The molecule has 0 amide bonds. The Bertz CT molecular complexity index is 1680. The first-order valence-electron chi connectivity index (χ1n) is 11.8. The zero-order chi connectivity index (χ0) is 27.6. The molecule has 4 aromatic rings. The van der Waals surface area contributed by atoms with Crippen LogP contribution < -0.4 is 4.80 Å². The van der Waals surface area contributed by atoms with Crippen molar-refractivity contribution in [1.82, 2.24) is 8.87 Å². The number of aromatic nitrogens is 1. The Labute approximate surface area is 238 Å². The van der Waals surface area contributed by atoms with Crippen LogP contribution in [0.2, 0.25) is 10.0 Å². The molecule has 0 unspecified atom stereocenters. The van der Waals surface area contributed by atoms with Crippen molar-refractivity contribution in [3.63, 3.8) is 0 Å². The minimum Gasteiger partial charge on any atom is -0.379 e. The average molecular weight is 606 g/mol. The molecule has 1 fully saturated rings. The molecule has 3 aromatic carbocycles. The fraction of sp³-hybridized carbons (Fsp3) is 0.192. The third-order valence-corrected chi connectivity index (χ3v) is 9.55. The molecular formula is C26H22Cl2N4O5S2. The molecule has 1 aliphatic rings. The lowest BCUT2D eigenvalue weighted by Gasteiger charge is -2.26. The van der Waals surface area contributed by atoms with Gasteiger partial charge in [-0.05, 0) is 59.7 Å². The predicted molar refractivity (Wildman–Crippen MR) is 151 cm³/mol. The van der Waals surface area contributed by atoms with E-state index in [9.17, 15) is 18.5 Å². The lowest BCUT2D eigenvalue weighted by atomic mass is 10.1. The second-order valence-electron chi connectivity index (χ2n) is 8.65. The van der Waals surface area contributed by atoms with Crippen LogP contribution in [0.5, 0.6) is 0 Å². The molecule has 202 valence electrons. The number of rotatable bonds is 7. The average Bonchev–Trinajstić information content (AvgIpc) is 3.32. The number of benzene rings is 3. The van der Waals surface area contributed by atoms with Crippen molar-refractivity contribution in [3.05, 3.63) is 103 Å². The maximum absolute atomic E-state index is 13.0. The first-order chi connectivity index (χ1) is 18.7. The molecule has 0 N–H and O–H groups in total. The van der Waals surface area contributed by atoms with E-state index in [-0.39, 0.29) is 10.6 Å². The Hall–Kier alpha value is -3.06. The number of nitro groups is 1. The van der Waals surface area contributed by atoms with Gasteiger partial charge in [-0.2, -0.15) is 4.31 Å². The lowest BCUT2D eigenvalue weighted by Crippen LogP contribution is -2.40. The van der Waals surface area contributed by atoms with Crippen LogP contribution in [0.3, 0.4) is 0 Å². The van der Waals surface area contributed by atoms with Gasteiger partial charge in [-0.3, -0.25) is 10.1 Å². The summed E-state index contributed by atoms with van der Waals surface area (Å²) >= 11 is 13.9. The van der Waals surface area contributed by atoms with E-state index in [2.05, 4.69) is 0 Å². The van der Waals surface area contributed by atoms with Gasteiger partial charge < -0.3 is 9.30 Å². The van der Waals surface area contributed by atoms with Gasteiger partial charge in [0.2, 0.25) is 10.0 Å². The quantitative estimate of drug-likeness (QED) is 0.198. The summed E-state index contributed by atoms with van der Waals surface area (Å²) in [5.41, 5.74) is 2.96. The van der Waals surface area contributed by atoms with E-state index < -0.39 is 14.9 Å². The molecular weight excluding hydrogens is 583 g/mol. The van der Waals surface area contributed by atoms with Gasteiger partial charge in [0.1, 0.15) is 0 Å². The van der Waals surface area contributed by atoms with Crippen LogP contribution in [0.1, 0.15) is 5.56 Å². The summed E-state index contributed by atoms with van der Waals surface area (Å²) in [6.07, 6.45) is 0. The number of hydrogen-bond acceptors (Lipinski definition) is 7. The maximum Gasteiger partial charge on any atom is 0.269 e. The van der Waals surface area contributed by atoms with Gasteiger partial charge in [0, 0.05) is 40.6 Å². The van der Waals surface area contributed by atoms with Crippen molar-refractivity contribution in [2.24, 2.45) is 4.99 Å². The van der Waals surface area contributed by atoms with Gasteiger partial charge in [0.05, 0.1) is 41.0 Å². The number of morpholine rings is 1. The molecule has 13 heteroatoms. The molecule has 2 heterocycles. The highest BCUT2D eigenvalue weighted by atomic mass is 35.5. The molecule has 0 saturated carbocycles. The van der Waals surface area contributed by atoms with Crippen LogP contribution >= 0.6 is 34.5 Å². The number of hydrogen-bond donors (Lipinski definition) is 0. The first-order valence-corrected chi connectivity index (χ1v) is 14.9. The maximum atomic E-state index is 13.0. The summed E-state index contributed by atoms with van der Waals surface area (Å²) in [6.45, 7) is 1.76. The van der Waals surface area contributed by atoms with E-state index in [1.54, 1.807) is 48.5 Å². The van der Waals surface area contributed by atoms with Crippen molar-refractivity contribution < 1.29 is 18.1 Å². The summed E-state index contributed by atoms with van der Waals surface area (Å²) in [5, 5.41) is 14.1. The number of ether oxygens (including phenoxy) is 1. The monoisotopic (exact) mass is 604 g/mol. The zero-order valence-electron chi connectivity index (χ0n) is 20.4. The second-order valence-corrected chi connectivity index (χ2v) is 12.3. The summed E-state index contributed by atoms with van der Waals surface area (Å²) in [7, 11) is -3.61. The van der Waals surface area contributed by atoms with Crippen molar-refractivity contribution in [2.45, 2.75) is 11.4 Å². The molecule has 9 nitrogen and oxygen atoms in total. The zero-order valence-corrected chi connectivity index (χ0v) is 23.5. The van der Waals surface area contributed by atoms with Crippen molar-refractivity contribution in [2.75, 3.05) is 26.3 Å². The minimum atomic E-state index is -3.61. The van der Waals surface area contributed by atoms with Gasteiger partial charge in [0.25, 0.3) is 5.69 Å². The molecule has 5 rings (SSSR count). The van der Waals surface area contributed by atoms with E-state index >= 15 is 0 Å². The highest BCUT2D eigenvalue weighted by molar-refractivity contribution is 7.89. The summed E-state index contributed by atoms with van der Waals surface area (Å²) < 4.78 is 34.6. The van der Waals surface area contributed by atoms with Gasteiger partial charge in [0.15, 0.2) is 4.80 Å². The van der Waals surface area contributed by atoms with Gasteiger partial charge in [-0.15, -0.1) is 11.3 Å². The molecule has 0 bridgehead atoms. The van der Waals surface area contributed by atoms with Crippen molar-refractivity contribution in [1.29, 1.82) is 0 Å². The summed E-state index contributed by atoms with van der Waals surface area (Å²) in [6, 6.07) is 18.0. The molecule has 1 aromatic heterocycles. The molecule has 0 aliphatic carbocycles. The molecule has 1 saturated heterocycles. The summed E-state index contributed by atoms with van der Waals surface area (Å²) in [5.74, 6) is 0. The van der Waals surface area contributed by atoms with Gasteiger partial charge in [-0.1, -0.05) is 29.3 Å². The molecule has 39 heavy (non-hydrogen) atoms. The van der Waals surface area contributed by atoms with Crippen LogP contribution in [0.4, 0.5) is 11.4 Å². The second kappa shape index (κ2) is 11.6. The van der Waals surface area contributed by atoms with Crippen LogP contribution in [-0.4, -0.2) is 48.5 Å². The van der Waals surface area contributed by atoms with E-state index in [0.717, 1.165) is 16.8 Å².